The number of alkyl halides is 2. The number of rotatable bonds is 4. The first-order valence-corrected chi connectivity index (χ1v) is 5.67. The van der Waals surface area contributed by atoms with E-state index in [0.717, 1.165) is 0 Å². The summed E-state index contributed by atoms with van der Waals surface area (Å²) in [6, 6.07) is 5.74. The van der Waals surface area contributed by atoms with E-state index in [4.69, 9.17) is 0 Å². The molecule has 6 heteroatoms. The topological polar surface area (TPSA) is 46.5 Å². The average molecular weight is 309 g/mol. The Kier molecular flexibility index (Phi) is 4.59. The summed E-state index contributed by atoms with van der Waals surface area (Å²) in [5.41, 5.74) is -0.0579. The van der Waals surface area contributed by atoms with Gasteiger partial charge in [-0.1, -0.05) is 28.1 Å². The van der Waals surface area contributed by atoms with Crippen molar-refractivity contribution >= 4 is 21.9 Å². The van der Waals surface area contributed by atoms with Gasteiger partial charge in [-0.15, -0.1) is 0 Å². The van der Waals surface area contributed by atoms with E-state index in [1.807, 2.05) is 0 Å². The zero-order valence-electron chi connectivity index (χ0n) is 8.99. The molecule has 17 heavy (non-hydrogen) atoms. The van der Waals surface area contributed by atoms with E-state index in [1.54, 1.807) is 6.07 Å². The zero-order valence-corrected chi connectivity index (χ0v) is 10.6. The van der Waals surface area contributed by atoms with Crippen LogP contribution >= 0.6 is 15.9 Å². The summed E-state index contributed by atoms with van der Waals surface area (Å²) >= 11 is 3.09. The number of halogens is 3. The van der Waals surface area contributed by atoms with Crippen LogP contribution in [0.3, 0.4) is 0 Å². The summed E-state index contributed by atoms with van der Waals surface area (Å²) < 4.78 is 31.7. The van der Waals surface area contributed by atoms with Crippen molar-refractivity contribution < 1.29 is 23.4 Å². The lowest BCUT2D eigenvalue weighted by Crippen LogP contribution is -2.37. The summed E-state index contributed by atoms with van der Waals surface area (Å²) in [6.07, 6.45) is -2.22. The Labute approximate surface area is 106 Å². The first kappa shape index (κ1) is 14.1. The van der Waals surface area contributed by atoms with Crippen LogP contribution in [0.15, 0.2) is 28.7 Å². The molecule has 0 heterocycles. The second-order valence-electron chi connectivity index (χ2n) is 3.30. The second-order valence-corrected chi connectivity index (χ2v) is 4.22. The summed E-state index contributed by atoms with van der Waals surface area (Å²) in [4.78, 5) is 11.0. The Morgan fingerprint density at radius 2 is 2.24 bits per heavy atom. The van der Waals surface area contributed by atoms with E-state index in [-0.39, 0.29) is 12.2 Å². The van der Waals surface area contributed by atoms with Crippen LogP contribution in [0.2, 0.25) is 0 Å². The van der Waals surface area contributed by atoms with Crippen LogP contribution in [0.25, 0.3) is 0 Å². The molecule has 0 saturated carbocycles. The van der Waals surface area contributed by atoms with Crippen LogP contribution < -0.4 is 0 Å². The maximum Gasteiger partial charge on any atom is 0.380 e. The monoisotopic (exact) mass is 308 g/mol. The lowest BCUT2D eigenvalue weighted by molar-refractivity contribution is -0.189. The molecule has 3 nitrogen and oxygen atoms in total. The van der Waals surface area contributed by atoms with E-state index < -0.39 is 18.0 Å². The SMILES string of the molecule is CCOC(=O)C(F)(F)C(O)c1cccc(Br)c1. The number of hydrogen-bond donors (Lipinski definition) is 1. The number of esters is 1. The largest absolute Gasteiger partial charge is 0.461 e. The number of hydrogen-bond acceptors (Lipinski definition) is 3. The molecule has 0 aliphatic carbocycles. The van der Waals surface area contributed by atoms with Crippen LogP contribution in [-0.4, -0.2) is 23.6 Å². The Morgan fingerprint density at radius 3 is 2.76 bits per heavy atom. The second kappa shape index (κ2) is 5.55. The Hall–Kier alpha value is -1.01. The van der Waals surface area contributed by atoms with Gasteiger partial charge in [-0.25, -0.2) is 4.79 Å². The van der Waals surface area contributed by atoms with Gasteiger partial charge >= 0.3 is 11.9 Å². The third kappa shape index (κ3) is 3.23. The molecule has 0 fully saturated rings. The highest BCUT2D eigenvalue weighted by Gasteiger charge is 2.48. The molecule has 0 aliphatic heterocycles. The third-order valence-corrected chi connectivity index (χ3v) is 2.55. The van der Waals surface area contributed by atoms with E-state index in [9.17, 15) is 18.7 Å². The quantitative estimate of drug-likeness (QED) is 0.870. The maximum absolute atomic E-state index is 13.5. The number of benzene rings is 1. The molecule has 0 aromatic heterocycles. The lowest BCUT2D eigenvalue weighted by Gasteiger charge is -2.20. The molecule has 94 valence electrons. The van der Waals surface area contributed by atoms with Crippen molar-refractivity contribution in [2.24, 2.45) is 0 Å². The van der Waals surface area contributed by atoms with E-state index in [2.05, 4.69) is 20.7 Å². The molecule has 0 saturated heterocycles. The number of carbonyl (C=O) groups excluding carboxylic acids is 1. The molecular formula is C11H11BrF2O3. The van der Waals surface area contributed by atoms with Crippen molar-refractivity contribution in [2.75, 3.05) is 6.61 Å². The van der Waals surface area contributed by atoms with Crippen LogP contribution in [0.5, 0.6) is 0 Å². The number of aliphatic hydroxyl groups excluding tert-OH is 1. The smallest absolute Gasteiger partial charge is 0.380 e. The minimum absolute atomic E-state index is 0.0579. The summed E-state index contributed by atoms with van der Waals surface area (Å²) in [5.74, 6) is -5.69. The molecular weight excluding hydrogens is 298 g/mol. The van der Waals surface area contributed by atoms with E-state index in [1.165, 1.54) is 25.1 Å². The highest BCUT2D eigenvalue weighted by molar-refractivity contribution is 9.10. The Balaban J connectivity index is 2.95. The molecule has 1 rings (SSSR count). The predicted octanol–water partition coefficient (Wildman–Crippen LogP) is 2.68. The fourth-order valence-corrected chi connectivity index (χ4v) is 1.64. The molecule has 1 atom stereocenters. The molecule has 1 N–H and O–H groups in total. The van der Waals surface area contributed by atoms with Gasteiger partial charge in [0.15, 0.2) is 6.10 Å². The summed E-state index contributed by atoms with van der Waals surface area (Å²) in [5, 5.41) is 9.50. The van der Waals surface area contributed by atoms with Gasteiger partial charge in [0.1, 0.15) is 0 Å². The van der Waals surface area contributed by atoms with Crippen molar-refractivity contribution in [2.45, 2.75) is 19.0 Å². The van der Waals surface area contributed by atoms with Crippen LogP contribution in [-0.2, 0) is 9.53 Å². The van der Waals surface area contributed by atoms with Gasteiger partial charge in [0.05, 0.1) is 6.61 Å². The molecule has 1 aromatic rings. The number of aliphatic hydroxyl groups is 1. The predicted molar refractivity (Wildman–Crippen MR) is 60.7 cm³/mol. The highest BCUT2D eigenvalue weighted by atomic mass is 79.9. The summed E-state index contributed by atoms with van der Waals surface area (Å²) in [7, 11) is 0. The van der Waals surface area contributed by atoms with Gasteiger partial charge in [-0.3, -0.25) is 0 Å². The van der Waals surface area contributed by atoms with Gasteiger partial charge < -0.3 is 9.84 Å². The Morgan fingerprint density at radius 1 is 1.59 bits per heavy atom. The van der Waals surface area contributed by atoms with E-state index >= 15 is 0 Å². The van der Waals surface area contributed by atoms with Gasteiger partial charge in [-0.05, 0) is 24.6 Å². The molecule has 0 amide bonds. The van der Waals surface area contributed by atoms with E-state index in [0.29, 0.717) is 4.47 Å². The molecule has 1 aromatic carbocycles. The van der Waals surface area contributed by atoms with Gasteiger partial charge in [0, 0.05) is 4.47 Å². The molecule has 0 bridgehead atoms. The zero-order chi connectivity index (χ0) is 13.1. The fraction of sp³-hybridized carbons (Fsp3) is 0.364. The normalized spacial score (nSPS) is 13.2. The lowest BCUT2D eigenvalue weighted by atomic mass is 10.0. The summed E-state index contributed by atoms with van der Waals surface area (Å²) in [6.45, 7) is 1.25. The van der Waals surface area contributed by atoms with Crippen molar-refractivity contribution in [3.63, 3.8) is 0 Å². The van der Waals surface area contributed by atoms with Gasteiger partial charge in [0.2, 0.25) is 0 Å². The fourth-order valence-electron chi connectivity index (χ4n) is 1.22. The van der Waals surface area contributed by atoms with Crippen molar-refractivity contribution in [3.05, 3.63) is 34.3 Å². The van der Waals surface area contributed by atoms with Crippen LogP contribution in [0.1, 0.15) is 18.6 Å². The maximum atomic E-state index is 13.5. The van der Waals surface area contributed by atoms with Crippen LogP contribution in [0.4, 0.5) is 8.78 Å². The number of ether oxygens (including phenoxy) is 1. The van der Waals surface area contributed by atoms with Crippen molar-refractivity contribution in [1.29, 1.82) is 0 Å². The number of carbonyl (C=O) groups is 1. The molecule has 0 aliphatic rings. The standard InChI is InChI=1S/C11H11BrF2O3/c1-2-17-10(16)11(13,14)9(15)7-4-3-5-8(12)6-7/h3-6,9,15H,2H2,1H3. The minimum atomic E-state index is -3.96. The molecule has 0 spiro atoms. The van der Waals surface area contributed by atoms with Crippen molar-refractivity contribution in [3.8, 4) is 0 Å². The first-order chi connectivity index (χ1) is 7.89. The molecule has 1 unspecified atom stereocenters. The van der Waals surface area contributed by atoms with Gasteiger partial charge in [0.25, 0.3) is 0 Å². The highest BCUT2D eigenvalue weighted by Crippen LogP contribution is 2.33. The van der Waals surface area contributed by atoms with Gasteiger partial charge in [-0.2, -0.15) is 8.78 Å². The first-order valence-electron chi connectivity index (χ1n) is 4.88. The minimum Gasteiger partial charge on any atom is -0.461 e. The van der Waals surface area contributed by atoms with Crippen molar-refractivity contribution in [1.82, 2.24) is 0 Å². The average Bonchev–Trinajstić information content (AvgIpc) is 2.28. The Bertz CT molecular complexity index is 409. The third-order valence-electron chi connectivity index (χ3n) is 2.06. The van der Waals surface area contributed by atoms with Crippen LogP contribution in [0, 0.1) is 0 Å². The molecule has 0 radical (unpaired) electrons.